The van der Waals surface area contributed by atoms with Crippen molar-refractivity contribution >= 4 is 5.91 Å². The molecule has 1 saturated carbocycles. The van der Waals surface area contributed by atoms with Crippen LogP contribution in [0, 0.1) is 19.8 Å². The molecule has 4 nitrogen and oxygen atoms in total. The Balaban J connectivity index is 1.66. The van der Waals surface area contributed by atoms with E-state index in [0.717, 1.165) is 38.0 Å². The minimum Gasteiger partial charge on any atom is -0.356 e. The quantitative estimate of drug-likeness (QED) is 0.830. The van der Waals surface area contributed by atoms with Gasteiger partial charge in [-0.25, -0.2) is 0 Å². The highest BCUT2D eigenvalue weighted by Gasteiger charge is 2.20. The van der Waals surface area contributed by atoms with E-state index in [1.54, 1.807) is 0 Å². The second-order valence-corrected chi connectivity index (χ2v) is 5.63. The third-order valence-corrected chi connectivity index (χ3v) is 3.93. The zero-order chi connectivity index (χ0) is 13.7. The molecule has 0 unspecified atom stereocenters. The zero-order valence-corrected chi connectivity index (χ0v) is 12.1. The molecule has 1 amide bonds. The van der Waals surface area contributed by atoms with Gasteiger partial charge in [0.25, 0.3) is 0 Å². The monoisotopic (exact) mass is 263 g/mol. The molecule has 0 aromatic carbocycles. The summed E-state index contributed by atoms with van der Waals surface area (Å²) < 4.78 is 2.02. The van der Waals surface area contributed by atoms with Gasteiger partial charge in [0.2, 0.25) is 5.91 Å². The van der Waals surface area contributed by atoms with Crippen LogP contribution in [0.2, 0.25) is 0 Å². The smallest absolute Gasteiger partial charge is 0.223 e. The lowest BCUT2D eigenvalue weighted by Crippen LogP contribution is -2.33. The van der Waals surface area contributed by atoms with Gasteiger partial charge < -0.3 is 5.32 Å². The number of nitrogens with zero attached hydrogens (tertiary/aromatic N) is 2. The summed E-state index contributed by atoms with van der Waals surface area (Å²) in [6, 6.07) is 2.08. The Bertz CT molecular complexity index is 419. The Kier molecular flexibility index (Phi) is 5.00. The van der Waals surface area contributed by atoms with Gasteiger partial charge in [-0.1, -0.05) is 19.3 Å². The summed E-state index contributed by atoms with van der Waals surface area (Å²) in [5.74, 6) is 0.524. The molecular weight excluding hydrogens is 238 g/mol. The van der Waals surface area contributed by atoms with Gasteiger partial charge in [-0.2, -0.15) is 5.10 Å². The maximum Gasteiger partial charge on any atom is 0.223 e. The molecule has 1 heterocycles. The fourth-order valence-corrected chi connectivity index (χ4v) is 2.85. The van der Waals surface area contributed by atoms with Crippen molar-refractivity contribution in [1.82, 2.24) is 15.1 Å². The van der Waals surface area contributed by atoms with Gasteiger partial charge >= 0.3 is 0 Å². The number of amides is 1. The maximum absolute atomic E-state index is 11.9. The molecule has 0 radical (unpaired) electrons. The van der Waals surface area contributed by atoms with Gasteiger partial charge in [-0.15, -0.1) is 0 Å². The van der Waals surface area contributed by atoms with Crippen LogP contribution in [0.3, 0.4) is 0 Å². The third kappa shape index (κ3) is 4.08. The molecule has 0 aliphatic heterocycles. The number of rotatable bonds is 5. The minimum absolute atomic E-state index is 0.257. The number of carbonyl (C=O) groups excluding carboxylic acids is 1. The van der Waals surface area contributed by atoms with E-state index in [4.69, 9.17) is 0 Å². The summed E-state index contributed by atoms with van der Waals surface area (Å²) in [5, 5.41) is 7.49. The van der Waals surface area contributed by atoms with E-state index in [1.807, 2.05) is 11.6 Å². The van der Waals surface area contributed by atoms with Crippen molar-refractivity contribution in [2.45, 2.75) is 58.9 Å². The first-order valence-electron chi connectivity index (χ1n) is 7.45. The molecule has 4 heteroatoms. The van der Waals surface area contributed by atoms with Crippen LogP contribution in [0.15, 0.2) is 6.07 Å². The second kappa shape index (κ2) is 6.73. The van der Waals surface area contributed by atoms with Gasteiger partial charge in [-0.05, 0) is 39.2 Å². The lowest BCUT2D eigenvalue weighted by molar-refractivity contribution is -0.125. The number of nitrogens with one attached hydrogen (secondary N) is 1. The van der Waals surface area contributed by atoms with Crippen LogP contribution in [-0.4, -0.2) is 22.2 Å². The van der Waals surface area contributed by atoms with Crippen molar-refractivity contribution in [1.29, 1.82) is 0 Å². The Morgan fingerprint density at radius 2 is 2.11 bits per heavy atom. The molecule has 1 aliphatic rings. The van der Waals surface area contributed by atoms with Gasteiger partial charge in [0.05, 0.1) is 5.69 Å². The highest BCUT2D eigenvalue weighted by molar-refractivity contribution is 5.78. The Morgan fingerprint density at radius 1 is 1.37 bits per heavy atom. The number of carbonyl (C=O) groups is 1. The van der Waals surface area contributed by atoms with Crippen LogP contribution in [0.4, 0.5) is 0 Å². The van der Waals surface area contributed by atoms with Crippen molar-refractivity contribution in [3.8, 4) is 0 Å². The van der Waals surface area contributed by atoms with Crippen molar-refractivity contribution in [2.24, 2.45) is 5.92 Å². The maximum atomic E-state index is 11.9. The first-order chi connectivity index (χ1) is 9.16. The molecule has 0 bridgehead atoms. The van der Waals surface area contributed by atoms with Gasteiger partial charge in [0.15, 0.2) is 0 Å². The van der Waals surface area contributed by atoms with Gasteiger partial charge in [0.1, 0.15) is 0 Å². The van der Waals surface area contributed by atoms with E-state index in [-0.39, 0.29) is 11.8 Å². The summed E-state index contributed by atoms with van der Waals surface area (Å²) in [4.78, 5) is 11.9. The largest absolute Gasteiger partial charge is 0.356 e. The van der Waals surface area contributed by atoms with Crippen molar-refractivity contribution in [3.63, 3.8) is 0 Å². The van der Waals surface area contributed by atoms with E-state index in [0.29, 0.717) is 0 Å². The summed E-state index contributed by atoms with van der Waals surface area (Å²) in [7, 11) is 0. The van der Waals surface area contributed by atoms with Crippen LogP contribution < -0.4 is 5.32 Å². The summed E-state index contributed by atoms with van der Waals surface area (Å²) >= 11 is 0. The number of aromatic nitrogens is 2. The highest BCUT2D eigenvalue weighted by atomic mass is 16.1. The van der Waals surface area contributed by atoms with Crippen LogP contribution in [0.1, 0.15) is 49.9 Å². The van der Waals surface area contributed by atoms with E-state index in [1.165, 1.54) is 25.0 Å². The average molecular weight is 263 g/mol. The van der Waals surface area contributed by atoms with E-state index < -0.39 is 0 Å². The zero-order valence-electron chi connectivity index (χ0n) is 12.1. The summed E-state index contributed by atoms with van der Waals surface area (Å²) in [5.41, 5.74) is 2.25. The third-order valence-electron chi connectivity index (χ3n) is 3.93. The predicted molar refractivity (Wildman–Crippen MR) is 75.9 cm³/mol. The SMILES string of the molecule is Cc1cc(C)n(CCCNC(=O)C2CCCCC2)n1. The Hall–Kier alpha value is -1.32. The van der Waals surface area contributed by atoms with E-state index in [2.05, 4.69) is 23.4 Å². The fraction of sp³-hybridized carbons (Fsp3) is 0.733. The van der Waals surface area contributed by atoms with E-state index >= 15 is 0 Å². The molecule has 0 atom stereocenters. The number of hydrogen-bond donors (Lipinski definition) is 1. The molecule has 19 heavy (non-hydrogen) atoms. The molecule has 1 aromatic rings. The summed E-state index contributed by atoms with van der Waals surface area (Å²) in [6.45, 7) is 5.72. The molecule has 0 saturated heterocycles. The molecule has 2 rings (SSSR count). The lowest BCUT2D eigenvalue weighted by Gasteiger charge is -2.20. The van der Waals surface area contributed by atoms with Crippen LogP contribution in [-0.2, 0) is 11.3 Å². The number of hydrogen-bond acceptors (Lipinski definition) is 2. The molecule has 106 valence electrons. The van der Waals surface area contributed by atoms with E-state index in [9.17, 15) is 4.79 Å². The normalized spacial score (nSPS) is 16.5. The molecular formula is C15H25N3O. The molecule has 1 aliphatic carbocycles. The van der Waals surface area contributed by atoms with Crippen molar-refractivity contribution < 1.29 is 4.79 Å². The average Bonchev–Trinajstić information content (AvgIpc) is 2.74. The lowest BCUT2D eigenvalue weighted by atomic mass is 9.89. The molecule has 0 spiro atoms. The van der Waals surface area contributed by atoms with Gasteiger partial charge in [-0.3, -0.25) is 9.48 Å². The Labute approximate surface area is 115 Å². The fourth-order valence-electron chi connectivity index (χ4n) is 2.85. The van der Waals surface area contributed by atoms with Crippen molar-refractivity contribution in [3.05, 3.63) is 17.5 Å². The molecule has 1 aromatic heterocycles. The van der Waals surface area contributed by atoms with Crippen LogP contribution in [0.25, 0.3) is 0 Å². The topological polar surface area (TPSA) is 46.9 Å². The van der Waals surface area contributed by atoms with Gasteiger partial charge in [0, 0.05) is 24.7 Å². The van der Waals surface area contributed by atoms with Crippen molar-refractivity contribution in [2.75, 3.05) is 6.54 Å². The predicted octanol–water partition coefficient (Wildman–Crippen LogP) is 2.59. The standard InChI is InChI=1S/C15H25N3O/c1-12-11-13(2)18(17-12)10-6-9-16-15(19)14-7-4-3-5-8-14/h11,14H,3-10H2,1-2H3,(H,16,19). The first-order valence-corrected chi connectivity index (χ1v) is 7.45. The summed E-state index contributed by atoms with van der Waals surface area (Å²) in [6.07, 6.45) is 6.81. The first kappa shape index (κ1) is 14.1. The Morgan fingerprint density at radius 3 is 2.74 bits per heavy atom. The molecule has 1 N–H and O–H groups in total. The number of aryl methyl sites for hydroxylation is 3. The second-order valence-electron chi connectivity index (χ2n) is 5.63. The molecule has 1 fully saturated rings. The van der Waals surface area contributed by atoms with Crippen LogP contribution in [0.5, 0.6) is 0 Å². The highest BCUT2D eigenvalue weighted by Crippen LogP contribution is 2.23. The van der Waals surface area contributed by atoms with Crippen LogP contribution >= 0.6 is 0 Å². The minimum atomic E-state index is 0.257.